The summed E-state index contributed by atoms with van der Waals surface area (Å²) in [6.07, 6.45) is 3.40. The largest absolute Gasteiger partial charge is 0.497 e. The highest BCUT2D eigenvalue weighted by Crippen LogP contribution is 2.23. The molecule has 0 radical (unpaired) electrons. The molecule has 0 saturated carbocycles. The first-order valence-electron chi connectivity index (χ1n) is 7.05. The predicted molar refractivity (Wildman–Crippen MR) is 79.5 cm³/mol. The van der Waals surface area contributed by atoms with Gasteiger partial charge in [0.2, 0.25) is 0 Å². The van der Waals surface area contributed by atoms with E-state index in [0.717, 1.165) is 12.8 Å². The third-order valence-electron chi connectivity index (χ3n) is 3.93. The number of hydrogen-bond donors (Lipinski definition) is 2. The first kappa shape index (κ1) is 14.7. The van der Waals surface area contributed by atoms with Gasteiger partial charge >= 0.3 is 0 Å². The van der Waals surface area contributed by atoms with Crippen LogP contribution in [0.3, 0.4) is 0 Å². The number of piperidine rings is 1. The fourth-order valence-electron chi connectivity index (χ4n) is 2.68. The Balaban J connectivity index is 2.15. The van der Waals surface area contributed by atoms with Gasteiger partial charge in [-0.05, 0) is 44.9 Å². The molecule has 1 aromatic rings. The fraction of sp³-hybridized carbons (Fsp3) is 0.533. The van der Waals surface area contributed by atoms with Gasteiger partial charge in [-0.25, -0.2) is 5.01 Å². The molecule has 0 bridgehead atoms. The van der Waals surface area contributed by atoms with E-state index in [2.05, 4.69) is 19.3 Å². The van der Waals surface area contributed by atoms with Gasteiger partial charge in [-0.15, -0.1) is 0 Å². The van der Waals surface area contributed by atoms with Crippen LogP contribution >= 0.6 is 0 Å². The van der Waals surface area contributed by atoms with Crippen molar-refractivity contribution >= 4 is 11.6 Å². The molecule has 20 heavy (non-hydrogen) atoms. The van der Waals surface area contributed by atoms with E-state index in [1.54, 1.807) is 25.3 Å². The summed E-state index contributed by atoms with van der Waals surface area (Å²) in [6, 6.07) is 5.79. The quantitative estimate of drug-likeness (QED) is 0.831. The van der Waals surface area contributed by atoms with Gasteiger partial charge in [-0.1, -0.05) is 6.42 Å². The standard InChI is InChI=1S/C15H23N3O2/c1-10-5-4-6-11(2)18(10)17-15(19)13-9-12(20-3)7-8-14(13)16/h7-11H,4-6,16H2,1-3H3,(H,17,19). The Morgan fingerprint density at radius 2 is 2.00 bits per heavy atom. The zero-order chi connectivity index (χ0) is 14.7. The van der Waals surface area contributed by atoms with E-state index in [1.807, 2.05) is 5.01 Å². The normalized spacial score (nSPS) is 23.4. The van der Waals surface area contributed by atoms with Gasteiger partial charge in [0.15, 0.2) is 0 Å². The molecule has 3 N–H and O–H groups in total. The zero-order valence-corrected chi connectivity index (χ0v) is 12.3. The first-order chi connectivity index (χ1) is 9.52. The summed E-state index contributed by atoms with van der Waals surface area (Å²) in [6.45, 7) is 4.26. The smallest absolute Gasteiger partial charge is 0.267 e. The fourth-order valence-corrected chi connectivity index (χ4v) is 2.68. The second kappa shape index (κ2) is 6.13. The minimum atomic E-state index is -0.179. The maximum Gasteiger partial charge on any atom is 0.267 e. The lowest BCUT2D eigenvalue weighted by Crippen LogP contribution is -2.54. The van der Waals surface area contributed by atoms with E-state index in [0.29, 0.717) is 29.1 Å². The lowest BCUT2D eigenvalue weighted by Gasteiger charge is -2.38. The summed E-state index contributed by atoms with van der Waals surface area (Å²) in [5, 5.41) is 2.03. The van der Waals surface area contributed by atoms with Crippen LogP contribution in [0.25, 0.3) is 0 Å². The number of nitrogens with zero attached hydrogens (tertiary/aromatic N) is 1. The van der Waals surface area contributed by atoms with Crippen molar-refractivity contribution in [1.82, 2.24) is 10.4 Å². The Hall–Kier alpha value is -1.75. The average molecular weight is 277 g/mol. The van der Waals surface area contributed by atoms with Gasteiger partial charge in [-0.3, -0.25) is 10.2 Å². The number of hydrazine groups is 1. The number of nitrogens with two attached hydrogens (primary N) is 1. The number of rotatable bonds is 3. The molecule has 2 unspecified atom stereocenters. The molecule has 2 rings (SSSR count). The summed E-state index contributed by atoms with van der Waals surface area (Å²) < 4.78 is 5.14. The van der Waals surface area contributed by atoms with E-state index in [-0.39, 0.29) is 5.91 Å². The van der Waals surface area contributed by atoms with E-state index in [1.165, 1.54) is 6.42 Å². The van der Waals surface area contributed by atoms with Crippen molar-refractivity contribution < 1.29 is 9.53 Å². The third kappa shape index (κ3) is 3.04. The lowest BCUT2D eigenvalue weighted by molar-refractivity contribution is 0.0370. The van der Waals surface area contributed by atoms with E-state index < -0.39 is 0 Å². The van der Waals surface area contributed by atoms with E-state index in [4.69, 9.17) is 10.5 Å². The summed E-state index contributed by atoms with van der Waals surface area (Å²) in [7, 11) is 1.57. The van der Waals surface area contributed by atoms with Gasteiger partial charge in [-0.2, -0.15) is 0 Å². The van der Waals surface area contributed by atoms with Crippen LogP contribution in [0.4, 0.5) is 5.69 Å². The topological polar surface area (TPSA) is 67.6 Å². The molecule has 2 atom stereocenters. The minimum absolute atomic E-state index is 0.179. The Labute approximate surface area is 120 Å². The number of benzene rings is 1. The number of nitrogens with one attached hydrogen (secondary N) is 1. The van der Waals surface area contributed by atoms with Gasteiger partial charge in [0.1, 0.15) is 5.75 Å². The molecule has 110 valence electrons. The summed E-state index contributed by atoms with van der Waals surface area (Å²) in [5.41, 5.74) is 9.78. The van der Waals surface area contributed by atoms with Gasteiger partial charge in [0, 0.05) is 17.8 Å². The molecule has 1 amide bonds. The predicted octanol–water partition coefficient (Wildman–Crippen LogP) is 2.19. The Morgan fingerprint density at radius 1 is 1.35 bits per heavy atom. The molecule has 1 aliphatic rings. The minimum Gasteiger partial charge on any atom is -0.497 e. The number of nitrogen functional groups attached to an aromatic ring is 1. The third-order valence-corrected chi connectivity index (χ3v) is 3.93. The number of amides is 1. The Bertz CT molecular complexity index is 480. The maximum atomic E-state index is 12.4. The lowest BCUT2D eigenvalue weighted by atomic mass is 10.00. The molecule has 0 aliphatic carbocycles. The molecular formula is C15H23N3O2. The van der Waals surface area contributed by atoms with Crippen LogP contribution in [-0.2, 0) is 0 Å². The van der Waals surface area contributed by atoms with Crippen molar-refractivity contribution in [2.75, 3.05) is 12.8 Å². The highest BCUT2D eigenvalue weighted by molar-refractivity contribution is 5.99. The summed E-state index contributed by atoms with van der Waals surface area (Å²) in [5.74, 6) is 0.450. The second-order valence-electron chi connectivity index (χ2n) is 5.43. The van der Waals surface area contributed by atoms with Crippen LogP contribution in [0.1, 0.15) is 43.5 Å². The number of methoxy groups -OCH3 is 1. The van der Waals surface area contributed by atoms with Crippen LogP contribution in [0, 0.1) is 0 Å². The van der Waals surface area contributed by atoms with Crippen LogP contribution in [0.15, 0.2) is 18.2 Å². The SMILES string of the molecule is COc1ccc(N)c(C(=O)NN2C(C)CCCC2C)c1. The monoisotopic (exact) mass is 277 g/mol. The van der Waals surface area contributed by atoms with Crippen molar-refractivity contribution in [2.24, 2.45) is 0 Å². The van der Waals surface area contributed by atoms with Crippen molar-refractivity contribution in [1.29, 1.82) is 0 Å². The molecule has 1 aromatic carbocycles. The maximum absolute atomic E-state index is 12.4. The number of hydrogen-bond acceptors (Lipinski definition) is 4. The highest BCUT2D eigenvalue weighted by atomic mass is 16.5. The molecule has 0 aromatic heterocycles. The molecule has 1 heterocycles. The van der Waals surface area contributed by atoms with E-state index >= 15 is 0 Å². The van der Waals surface area contributed by atoms with E-state index in [9.17, 15) is 4.79 Å². The molecular weight excluding hydrogens is 254 g/mol. The van der Waals surface area contributed by atoms with Crippen LogP contribution in [-0.4, -0.2) is 30.1 Å². The van der Waals surface area contributed by atoms with Crippen LogP contribution in [0.5, 0.6) is 5.75 Å². The van der Waals surface area contributed by atoms with Gasteiger partial charge in [0.05, 0.1) is 12.7 Å². The Morgan fingerprint density at radius 3 is 2.60 bits per heavy atom. The molecule has 1 fully saturated rings. The number of carbonyl (C=O) groups excluding carboxylic acids is 1. The summed E-state index contributed by atoms with van der Waals surface area (Å²) >= 11 is 0. The summed E-state index contributed by atoms with van der Waals surface area (Å²) in [4.78, 5) is 12.4. The average Bonchev–Trinajstić information content (AvgIpc) is 2.43. The molecule has 1 saturated heterocycles. The van der Waals surface area contributed by atoms with Crippen LogP contribution < -0.4 is 15.9 Å². The van der Waals surface area contributed by atoms with Gasteiger partial charge in [0.25, 0.3) is 5.91 Å². The molecule has 5 heteroatoms. The first-order valence-corrected chi connectivity index (χ1v) is 7.05. The molecule has 5 nitrogen and oxygen atoms in total. The zero-order valence-electron chi connectivity index (χ0n) is 12.3. The second-order valence-corrected chi connectivity index (χ2v) is 5.43. The number of carbonyl (C=O) groups is 1. The van der Waals surface area contributed by atoms with Crippen LogP contribution in [0.2, 0.25) is 0 Å². The Kier molecular flexibility index (Phi) is 4.49. The van der Waals surface area contributed by atoms with Crippen molar-refractivity contribution in [3.05, 3.63) is 23.8 Å². The number of anilines is 1. The van der Waals surface area contributed by atoms with Crippen molar-refractivity contribution in [3.8, 4) is 5.75 Å². The molecule has 1 aliphatic heterocycles. The van der Waals surface area contributed by atoms with Crippen molar-refractivity contribution in [3.63, 3.8) is 0 Å². The number of ether oxygens (including phenoxy) is 1. The van der Waals surface area contributed by atoms with Crippen molar-refractivity contribution in [2.45, 2.75) is 45.2 Å². The molecule has 0 spiro atoms. The van der Waals surface area contributed by atoms with Gasteiger partial charge < -0.3 is 10.5 Å². The highest BCUT2D eigenvalue weighted by Gasteiger charge is 2.26.